The minimum atomic E-state index is -3.98. The minimum absolute atomic E-state index is 0.0391. The molecule has 0 aliphatic rings. The van der Waals surface area contributed by atoms with E-state index in [2.05, 4.69) is 15.1 Å². The number of hydrogen-bond donors (Lipinski definition) is 1. The van der Waals surface area contributed by atoms with E-state index in [1.807, 2.05) is 13.8 Å². The number of H-pyrrole nitrogens is 1. The average molecular weight is 449 g/mol. The van der Waals surface area contributed by atoms with E-state index < -0.39 is 16.2 Å². The lowest BCUT2D eigenvalue weighted by Crippen LogP contribution is -2.14. The molecule has 0 atom stereocenters. The molecule has 1 aromatic carbocycles. The quantitative estimate of drug-likeness (QED) is 0.500. The Hall–Kier alpha value is -2.72. The van der Waals surface area contributed by atoms with Gasteiger partial charge in [0.25, 0.3) is 15.7 Å². The van der Waals surface area contributed by atoms with Gasteiger partial charge in [-0.1, -0.05) is 20.3 Å². The molecule has 1 N–H and O–H groups in total. The second-order valence-electron chi connectivity index (χ2n) is 7.54. The number of nitrogens with one attached hydrogen (secondary N) is 1. The van der Waals surface area contributed by atoms with Crippen LogP contribution in [0.15, 0.2) is 27.9 Å². The number of ether oxygens (including phenoxy) is 1. The van der Waals surface area contributed by atoms with E-state index in [1.54, 1.807) is 27.0 Å². The first-order chi connectivity index (χ1) is 14.7. The summed E-state index contributed by atoms with van der Waals surface area (Å²) in [6, 6.07) is 4.40. The van der Waals surface area contributed by atoms with E-state index >= 15 is 0 Å². The topological polar surface area (TPSA) is 116 Å². The van der Waals surface area contributed by atoms with Crippen LogP contribution in [0.4, 0.5) is 0 Å². The molecule has 10 heteroatoms. The van der Waals surface area contributed by atoms with Crippen molar-refractivity contribution in [1.29, 1.82) is 0 Å². The van der Waals surface area contributed by atoms with E-state index in [4.69, 9.17) is 8.92 Å². The van der Waals surface area contributed by atoms with Crippen LogP contribution in [0, 0.1) is 0 Å². The maximum atomic E-state index is 12.8. The Morgan fingerprint density at radius 1 is 1.19 bits per heavy atom. The number of benzene rings is 1. The molecule has 0 spiro atoms. The largest absolute Gasteiger partial charge is 0.493 e. The van der Waals surface area contributed by atoms with Gasteiger partial charge in [-0.05, 0) is 44.9 Å². The highest BCUT2D eigenvalue weighted by molar-refractivity contribution is 7.86. The highest BCUT2D eigenvalue weighted by atomic mass is 32.2. The van der Waals surface area contributed by atoms with Crippen molar-refractivity contribution in [1.82, 2.24) is 19.7 Å². The average Bonchev–Trinajstić information content (AvgIpc) is 3.01. The van der Waals surface area contributed by atoms with Gasteiger partial charge in [-0.2, -0.15) is 13.5 Å². The fraction of sp³-hybridized carbons (Fsp3) is 0.476. The van der Waals surface area contributed by atoms with Crippen LogP contribution in [0.1, 0.15) is 46.2 Å². The van der Waals surface area contributed by atoms with Crippen molar-refractivity contribution in [3.63, 3.8) is 0 Å². The third kappa shape index (κ3) is 4.80. The van der Waals surface area contributed by atoms with Crippen molar-refractivity contribution >= 4 is 21.2 Å². The molecule has 2 aromatic heterocycles. The van der Waals surface area contributed by atoms with Crippen LogP contribution in [0.25, 0.3) is 22.4 Å². The molecule has 0 aliphatic carbocycles. The van der Waals surface area contributed by atoms with E-state index in [0.29, 0.717) is 35.4 Å². The Morgan fingerprint density at radius 2 is 1.94 bits per heavy atom. The zero-order valence-electron chi connectivity index (χ0n) is 18.4. The summed E-state index contributed by atoms with van der Waals surface area (Å²) in [6.07, 6.45) is 1.78. The number of fused-ring (bicyclic) bond motifs is 1. The standard InChI is InChI=1S/C21H28N4O5S/c1-6-8-16-18-19(25(5)24-16)21(26)23-20(22-18)15-12-14(31(27,28)30-13(3)4)9-10-17(15)29-11-7-2/h9-10,12-13H,6-8,11H2,1-5H3,(H,22,23,26). The van der Waals surface area contributed by atoms with Crippen LogP contribution < -0.4 is 10.3 Å². The Balaban J connectivity index is 2.24. The van der Waals surface area contributed by atoms with Crippen LogP contribution >= 0.6 is 0 Å². The van der Waals surface area contributed by atoms with Gasteiger partial charge in [0, 0.05) is 7.05 Å². The Morgan fingerprint density at radius 3 is 2.58 bits per heavy atom. The molecular weight excluding hydrogens is 420 g/mol. The van der Waals surface area contributed by atoms with Crippen LogP contribution in [-0.4, -0.2) is 40.9 Å². The summed E-state index contributed by atoms with van der Waals surface area (Å²) in [4.78, 5) is 20.2. The lowest BCUT2D eigenvalue weighted by atomic mass is 10.1. The van der Waals surface area contributed by atoms with Crippen molar-refractivity contribution in [3.8, 4) is 17.1 Å². The van der Waals surface area contributed by atoms with Crippen molar-refractivity contribution in [2.24, 2.45) is 7.05 Å². The van der Waals surface area contributed by atoms with E-state index in [1.165, 1.54) is 16.8 Å². The third-order valence-corrected chi connectivity index (χ3v) is 5.99. The summed E-state index contributed by atoms with van der Waals surface area (Å²) >= 11 is 0. The Bertz CT molecular complexity index is 1240. The predicted molar refractivity (Wildman–Crippen MR) is 118 cm³/mol. The van der Waals surface area contributed by atoms with Gasteiger partial charge in [0.2, 0.25) is 0 Å². The first-order valence-corrected chi connectivity index (χ1v) is 11.7. The normalized spacial score (nSPS) is 12.1. The lowest BCUT2D eigenvalue weighted by Gasteiger charge is -2.14. The second kappa shape index (κ2) is 9.19. The summed E-state index contributed by atoms with van der Waals surface area (Å²) in [5.74, 6) is 0.643. The van der Waals surface area contributed by atoms with Crippen LogP contribution in [0.3, 0.4) is 0 Å². The monoisotopic (exact) mass is 448 g/mol. The fourth-order valence-corrected chi connectivity index (χ4v) is 4.39. The minimum Gasteiger partial charge on any atom is -0.493 e. The molecular formula is C21H28N4O5S. The summed E-state index contributed by atoms with van der Waals surface area (Å²) in [5, 5.41) is 4.42. The SMILES string of the molecule is CCCOc1ccc(S(=O)(=O)OC(C)C)cc1-c1nc2c(CCC)nn(C)c2c(=O)[nH]1. The number of nitrogens with zero attached hydrogens (tertiary/aromatic N) is 3. The van der Waals surface area contributed by atoms with Crippen LogP contribution in [-0.2, 0) is 27.8 Å². The molecule has 0 unspecified atom stereocenters. The van der Waals surface area contributed by atoms with Gasteiger partial charge in [0.15, 0.2) is 5.52 Å². The van der Waals surface area contributed by atoms with E-state index in [9.17, 15) is 13.2 Å². The molecule has 31 heavy (non-hydrogen) atoms. The zero-order chi connectivity index (χ0) is 22.8. The molecule has 0 saturated heterocycles. The molecule has 0 aliphatic heterocycles. The third-order valence-electron chi connectivity index (χ3n) is 4.53. The molecule has 168 valence electrons. The van der Waals surface area contributed by atoms with Crippen LogP contribution in [0.5, 0.6) is 5.75 Å². The van der Waals surface area contributed by atoms with Gasteiger partial charge in [0.1, 0.15) is 17.1 Å². The number of aromatic amines is 1. The molecule has 0 amide bonds. The lowest BCUT2D eigenvalue weighted by molar-refractivity contribution is 0.249. The van der Waals surface area contributed by atoms with Crippen molar-refractivity contribution in [3.05, 3.63) is 34.2 Å². The Kier molecular flexibility index (Phi) is 6.80. The Labute approximate surface area is 181 Å². The van der Waals surface area contributed by atoms with Crippen molar-refractivity contribution in [2.75, 3.05) is 6.61 Å². The number of aryl methyl sites for hydroxylation is 2. The molecule has 2 heterocycles. The molecule has 3 aromatic rings. The molecule has 0 radical (unpaired) electrons. The second-order valence-corrected chi connectivity index (χ2v) is 9.11. The fourth-order valence-electron chi connectivity index (χ4n) is 3.28. The number of aromatic nitrogens is 4. The highest BCUT2D eigenvalue weighted by Gasteiger charge is 2.22. The summed E-state index contributed by atoms with van der Waals surface area (Å²) in [5.41, 5.74) is 1.60. The van der Waals surface area contributed by atoms with Gasteiger partial charge >= 0.3 is 0 Å². The molecule has 0 bridgehead atoms. The van der Waals surface area contributed by atoms with Gasteiger partial charge in [0.05, 0.1) is 28.9 Å². The number of hydrogen-bond acceptors (Lipinski definition) is 7. The van der Waals surface area contributed by atoms with E-state index in [0.717, 1.165) is 18.5 Å². The molecule has 0 saturated carbocycles. The summed E-state index contributed by atoms with van der Waals surface area (Å²) in [7, 11) is -2.29. The van der Waals surface area contributed by atoms with Crippen LogP contribution in [0.2, 0.25) is 0 Å². The number of rotatable bonds is 9. The summed E-state index contributed by atoms with van der Waals surface area (Å²) < 4.78 is 37.6. The molecule has 9 nitrogen and oxygen atoms in total. The van der Waals surface area contributed by atoms with Gasteiger partial charge < -0.3 is 9.72 Å². The first kappa shape index (κ1) is 23.0. The summed E-state index contributed by atoms with van der Waals surface area (Å²) in [6.45, 7) is 7.70. The maximum Gasteiger partial charge on any atom is 0.297 e. The predicted octanol–water partition coefficient (Wildman–Crippen LogP) is 3.18. The van der Waals surface area contributed by atoms with E-state index in [-0.39, 0.29) is 16.3 Å². The van der Waals surface area contributed by atoms with Crippen molar-refractivity contribution in [2.45, 2.75) is 58.0 Å². The van der Waals surface area contributed by atoms with Gasteiger partial charge in [-0.25, -0.2) is 4.98 Å². The van der Waals surface area contributed by atoms with Gasteiger partial charge in [-0.3, -0.25) is 13.7 Å². The molecule has 0 fully saturated rings. The molecule has 3 rings (SSSR count). The smallest absolute Gasteiger partial charge is 0.297 e. The van der Waals surface area contributed by atoms with Crippen molar-refractivity contribution < 1.29 is 17.3 Å². The maximum absolute atomic E-state index is 12.8. The van der Waals surface area contributed by atoms with Gasteiger partial charge in [-0.15, -0.1) is 0 Å². The zero-order valence-corrected chi connectivity index (χ0v) is 19.2. The first-order valence-electron chi connectivity index (χ1n) is 10.3. The highest BCUT2D eigenvalue weighted by Crippen LogP contribution is 2.32.